The number of aliphatic imine (C=N–C) groups is 1. The zero-order chi connectivity index (χ0) is 24.9. The van der Waals surface area contributed by atoms with Gasteiger partial charge in [0, 0.05) is 35.8 Å². The molecule has 36 heavy (non-hydrogen) atoms. The maximum Gasteiger partial charge on any atom is 0.285 e. The van der Waals surface area contributed by atoms with Crippen LogP contribution in [-0.4, -0.2) is 32.8 Å². The van der Waals surface area contributed by atoms with Crippen LogP contribution in [0.2, 0.25) is 0 Å². The number of aromatic nitrogens is 2. The van der Waals surface area contributed by atoms with Crippen LogP contribution in [0.4, 0.5) is 11.4 Å². The molecule has 0 bridgehead atoms. The number of amides is 1. The van der Waals surface area contributed by atoms with Crippen molar-refractivity contribution in [3.05, 3.63) is 101 Å². The van der Waals surface area contributed by atoms with Gasteiger partial charge in [-0.1, -0.05) is 29.2 Å². The molecule has 1 aromatic heterocycles. The van der Waals surface area contributed by atoms with Crippen molar-refractivity contribution in [3.63, 3.8) is 0 Å². The van der Waals surface area contributed by atoms with Gasteiger partial charge in [-0.15, -0.1) is 0 Å². The minimum Gasteiger partial charge on any atom is -0.397 e. The number of rotatable bonds is 5. The van der Waals surface area contributed by atoms with Gasteiger partial charge in [-0.25, -0.2) is 14.4 Å². The van der Waals surface area contributed by atoms with Crippen LogP contribution in [-0.2, 0) is 5.41 Å². The summed E-state index contributed by atoms with van der Waals surface area (Å²) in [4.78, 5) is 29.1. The average Bonchev–Trinajstić information content (AvgIpc) is 3.63. The Balaban J connectivity index is 1.25. The normalized spacial score (nSPS) is 18.2. The monoisotopic (exact) mass is 497 g/mol. The molecule has 3 heterocycles. The van der Waals surface area contributed by atoms with Gasteiger partial charge in [0.05, 0.1) is 16.8 Å². The number of hydrogen-bond donors (Lipinski definition) is 2. The summed E-state index contributed by atoms with van der Waals surface area (Å²) in [7, 11) is 0. The van der Waals surface area contributed by atoms with Crippen LogP contribution in [0.1, 0.15) is 47.2 Å². The van der Waals surface area contributed by atoms with E-state index in [0.29, 0.717) is 23.6 Å². The van der Waals surface area contributed by atoms with Gasteiger partial charge in [0.2, 0.25) is 12.4 Å². The number of nitrogens with two attached hydrogens (primary N) is 1. The molecule has 1 saturated carbocycles. The summed E-state index contributed by atoms with van der Waals surface area (Å²) in [6, 6.07) is 16.8. The van der Waals surface area contributed by atoms with Gasteiger partial charge >= 0.3 is 0 Å². The highest BCUT2D eigenvalue weighted by molar-refractivity contribution is 6.16. The molecular weight excluding hydrogens is 474 g/mol. The van der Waals surface area contributed by atoms with Gasteiger partial charge in [0.15, 0.2) is 0 Å². The quantitative estimate of drug-likeness (QED) is 0.305. The summed E-state index contributed by atoms with van der Waals surface area (Å²) in [6.07, 6.45) is 7.40. The van der Waals surface area contributed by atoms with Crippen LogP contribution in [0.3, 0.4) is 0 Å². The second-order valence-corrected chi connectivity index (χ2v) is 9.59. The maximum atomic E-state index is 12.7. The van der Waals surface area contributed by atoms with Gasteiger partial charge < -0.3 is 11.1 Å². The number of allylic oxidation sites excluding steroid dienone is 1. The number of nitrogens with zero attached hydrogens (tertiary/aromatic N) is 5. The van der Waals surface area contributed by atoms with E-state index in [0.717, 1.165) is 47.2 Å². The molecule has 1 aliphatic carbocycles. The van der Waals surface area contributed by atoms with Crippen LogP contribution in [0.25, 0.3) is 5.70 Å². The highest BCUT2D eigenvalue weighted by atomic mass is 35.5. The fourth-order valence-corrected chi connectivity index (χ4v) is 4.92. The van der Waals surface area contributed by atoms with E-state index in [-0.39, 0.29) is 11.3 Å². The van der Waals surface area contributed by atoms with Crippen LogP contribution in [0.5, 0.6) is 0 Å². The first-order valence-electron chi connectivity index (χ1n) is 11.7. The summed E-state index contributed by atoms with van der Waals surface area (Å²) in [6.45, 7) is 2.47. The smallest absolute Gasteiger partial charge is 0.285 e. The highest BCUT2D eigenvalue weighted by Crippen LogP contribution is 2.52. The lowest BCUT2D eigenvalue weighted by molar-refractivity contribution is 0.102. The van der Waals surface area contributed by atoms with E-state index >= 15 is 0 Å². The number of halogens is 1. The summed E-state index contributed by atoms with van der Waals surface area (Å²) in [5.74, 6) is 1.43. The molecule has 0 spiro atoms. The predicted molar refractivity (Wildman–Crippen MR) is 141 cm³/mol. The number of para-hydroxylation sites is 2. The summed E-state index contributed by atoms with van der Waals surface area (Å²) in [5.41, 5.74) is 11.1. The SMILES string of the molecule is CC1=C(c2ccnc(C3(c4ccc(C(=O)Nc5ccccc5N)cc4)CC3)n2)[N+]2CN(Cl)C=CC2=N1. The van der Waals surface area contributed by atoms with E-state index in [2.05, 4.69) is 20.2 Å². The van der Waals surface area contributed by atoms with E-state index in [1.165, 1.54) is 0 Å². The van der Waals surface area contributed by atoms with Gasteiger partial charge in [-0.3, -0.25) is 4.79 Å². The zero-order valence-corrected chi connectivity index (χ0v) is 20.4. The van der Waals surface area contributed by atoms with Crippen molar-refractivity contribution >= 4 is 40.6 Å². The summed E-state index contributed by atoms with van der Waals surface area (Å²) >= 11 is 6.23. The van der Waals surface area contributed by atoms with E-state index in [1.54, 1.807) is 28.9 Å². The minimum absolute atomic E-state index is 0.203. The Hall–Kier alpha value is -4.01. The number of carbonyl (C=O) groups is 1. The minimum atomic E-state index is -0.258. The molecule has 2 aliphatic heterocycles. The number of amidine groups is 1. The number of nitrogens with one attached hydrogen (secondary N) is 1. The molecule has 179 valence electrons. The van der Waals surface area contributed by atoms with Crippen LogP contribution in [0.15, 0.2) is 83.8 Å². The van der Waals surface area contributed by atoms with Crippen LogP contribution < -0.4 is 16.0 Å². The molecule has 3 N–H and O–H groups in total. The second-order valence-electron chi connectivity index (χ2n) is 9.16. The predicted octanol–water partition coefficient (Wildman–Crippen LogP) is 4.57. The Morgan fingerprint density at radius 2 is 1.92 bits per heavy atom. The van der Waals surface area contributed by atoms with Gasteiger partial charge in [0.1, 0.15) is 17.2 Å². The lowest BCUT2D eigenvalue weighted by Crippen LogP contribution is -2.40. The van der Waals surface area contributed by atoms with Crippen molar-refractivity contribution in [2.45, 2.75) is 25.2 Å². The fraction of sp³-hybridized carbons (Fsp3) is 0.185. The van der Waals surface area contributed by atoms with Gasteiger partial charge in [-0.05, 0) is 55.7 Å². The molecular formula is C27H24ClN7O+. The van der Waals surface area contributed by atoms with Crippen molar-refractivity contribution in [2.24, 2.45) is 4.99 Å². The van der Waals surface area contributed by atoms with Crippen LogP contribution in [0, 0.1) is 0 Å². The highest BCUT2D eigenvalue weighted by Gasteiger charge is 2.49. The first-order valence-corrected chi connectivity index (χ1v) is 12.1. The lowest BCUT2D eigenvalue weighted by atomic mass is 9.93. The number of hydrogen-bond acceptors (Lipinski definition) is 7. The molecule has 0 saturated heterocycles. The maximum absolute atomic E-state index is 12.7. The van der Waals surface area contributed by atoms with E-state index in [1.807, 2.05) is 55.5 Å². The first kappa shape index (κ1) is 22.5. The van der Waals surface area contributed by atoms with Gasteiger partial charge in [-0.2, -0.15) is 4.99 Å². The molecule has 6 rings (SSSR count). The van der Waals surface area contributed by atoms with Crippen molar-refractivity contribution in [1.82, 2.24) is 19.3 Å². The number of benzene rings is 2. The molecule has 1 fully saturated rings. The standard InChI is InChI=1S/C27H24ClN7O/c1-17-24(35-16-34(28)15-11-23(35)31-17)22-10-14-30-26(33-22)27(12-13-27)19-8-6-18(7-9-19)25(36)32-21-5-3-2-4-20(21)29/h2-11,14-15H,12-13,16,29H2,1H3,(H,32,36)/q+1. The average molecular weight is 498 g/mol. The largest absolute Gasteiger partial charge is 0.397 e. The number of fused-ring (bicyclic) bond motifs is 1. The molecule has 8 nitrogen and oxygen atoms in total. The second kappa shape index (κ2) is 8.58. The third-order valence-electron chi connectivity index (χ3n) is 6.82. The molecule has 0 atom stereocenters. The van der Waals surface area contributed by atoms with E-state index in [4.69, 9.17) is 22.5 Å². The molecule has 9 heteroatoms. The zero-order valence-electron chi connectivity index (χ0n) is 19.6. The van der Waals surface area contributed by atoms with E-state index in [9.17, 15) is 4.79 Å². The van der Waals surface area contributed by atoms with Gasteiger partial charge in [0.25, 0.3) is 11.7 Å². The number of nitrogen functional groups attached to an aromatic ring is 1. The van der Waals surface area contributed by atoms with Crippen molar-refractivity contribution in [2.75, 3.05) is 17.7 Å². The number of anilines is 2. The lowest BCUT2D eigenvalue weighted by Gasteiger charge is -2.19. The van der Waals surface area contributed by atoms with Crippen molar-refractivity contribution < 1.29 is 4.79 Å². The molecule has 0 unspecified atom stereocenters. The van der Waals surface area contributed by atoms with Crippen LogP contribution >= 0.6 is 11.8 Å². The molecule has 3 aliphatic rings. The Morgan fingerprint density at radius 1 is 1.14 bits per heavy atom. The van der Waals surface area contributed by atoms with Crippen molar-refractivity contribution in [1.29, 1.82) is 0 Å². The topological polar surface area (TPSA) is 102 Å². The Morgan fingerprint density at radius 3 is 2.67 bits per heavy atom. The third-order valence-corrected chi connectivity index (χ3v) is 7.04. The Kier molecular flexibility index (Phi) is 5.35. The number of carbonyl (C=O) groups excluding carboxylic acids is 1. The molecule has 3 aromatic rings. The Bertz CT molecular complexity index is 1460. The Labute approximate surface area is 213 Å². The third kappa shape index (κ3) is 3.84. The molecule has 2 aromatic carbocycles. The molecule has 1 radical (unpaired) electrons. The summed E-state index contributed by atoms with van der Waals surface area (Å²) in [5, 5.41) is 2.87. The van der Waals surface area contributed by atoms with Crippen molar-refractivity contribution in [3.8, 4) is 0 Å². The fourth-order valence-electron chi connectivity index (χ4n) is 4.75. The summed E-state index contributed by atoms with van der Waals surface area (Å²) < 4.78 is 1.59. The van der Waals surface area contributed by atoms with E-state index < -0.39 is 0 Å². The first-order chi connectivity index (χ1) is 17.4. The molecule has 1 amide bonds.